The molecule has 140 valence electrons. The Bertz CT molecular complexity index is 717. The summed E-state index contributed by atoms with van der Waals surface area (Å²) in [6, 6.07) is 7.79. The molecule has 1 N–H and O–H groups in total. The number of benzene rings is 1. The van der Waals surface area contributed by atoms with E-state index in [1.165, 1.54) is 0 Å². The lowest BCUT2D eigenvalue weighted by Crippen LogP contribution is -2.46. The van der Waals surface area contributed by atoms with Gasteiger partial charge in [0, 0.05) is 38.9 Å². The van der Waals surface area contributed by atoms with E-state index in [1.54, 1.807) is 14.2 Å². The zero-order chi connectivity index (χ0) is 18.4. The van der Waals surface area contributed by atoms with E-state index in [4.69, 9.17) is 9.47 Å². The van der Waals surface area contributed by atoms with Crippen molar-refractivity contribution in [3.8, 4) is 11.5 Å². The predicted molar refractivity (Wildman–Crippen MR) is 103 cm³/mol. The van der Waals surface area contributed by atoms with E-state index >= 15 is 0 Å². The first-order valence-corrected chi connectivity index (χ1v) is 8.98. The second kappa shape index (κ2) is 8.71. The van der Waals surface area contributed by atoms with Crippen molar-refractivity contribution in [2.75, 3.05) is 57.2 Å². The molecule has 0 atom stereocenters. The maximum absolute atomic E-state index is 5.36. The van der Waals surface area contributed by atoms with Gasteiger partial charge < -0.3 is 24.6 Å². The quantitative estimate of drug-likeness (QED) is 0.815. The Kier molecular flexibility index (Phi) is 6.12. The lowest BCUT2D eigenvalue weighted by Gasteiger charge is -2.34. The number of piperazine rings is 1. The van der Waals surface area contributed by atoms with Crippen LogP contribution in [0, 0.1) is 0 Å². The van der Waals surface area contributed by atoms with Gasteiger partial charge in [-0.1, -0.05) is 13.0 Å². The normalized spacial score (nSPS) is 15.0. The van der Waals surface area contributed by atoms with Crippen LogP contribution in [-0.2, 0) is 6.54 Å². The van der Waals surface area contributed by atoms with Crippen LogP contribution in [0.4, 0.5) is 11.8 Å². The third-order valence-electron chi connectivity index (χ3n) is 4.67. The molecular formula is C19H27N5O2. The number of anilines is 2. The number of methoxy groups -OCH3 is 2. The van der Waals surface area contributed by atoms with Gasteiger partial charge in [-0.05, 0) is 30.3 Å². The second-order valence-electron chi connectivity index (χ2n) is 6.21. The number of hydrogen-bond donors (Lipinski definition) is 1. The molecule has 0 spiro atoms. The molecule has 3 rings (SSSR count). The van der Waals surface area contributed by atoms with Crippen molar-refractivity contribution < 1.29 is 9.47 Å². The van der Waals surface area contributed by atoms with E-state index in [1.807, 2.05) is 30.5 Å². The number of hydrogen-bond acceptors (Lipinski definition) is 7. The summed E-state index contributed by atoms with van der Waals surface area (Å²) in [5.74, 6) is 3.07. The number of likely N-dealkylation sites (N-methyl/N-ethyl adjacent to an activating group) is 1. The summed E-state index contributed by atoms with van der Waals surface area (Å²) in [6.45, 7) is 8.00. The Morgan fingerprint density at radius 1 is 1.04 bits per heavy atom. The van der Waals surface area contributed by atoms with Crippen molar-refractivity contribution >= 4 is 11.8 Å². The van der Waals surface area contributed by atoms with Crippen molar-refractivity contribution in [1.82, 2.24) is 14.9 Å². The SMILES string of the molecule is CCN1CCN(c2nccc(NCc3ccc(OC)c(OC)c3)n2)CC1. The van der Waals surface area contributed by atoms with Gasteiger partial charge in [0.1, 0.15) is 5.82 Å². The fourth-order valence-electron chi connectivity index (χ4n) is 3.05. The van der Waals surface area contributed by atoms with E-state index < -0.39 is 0 Å². The molecule has 2 aromatic rings. The average molecular weight is 357 g/mol. The summed E-state index contributed by atoms with van der Waals surface area (Å²) in [5.41, 5.74) is 1.10. The Labute approximate surface area is 155 Å². The molecule has 0 bridgehead atoms. The van der Waals surface area contributed by atoms with Crippen molar-refractivity contribution in [2.24, 2.45) is 0 Å². The lowest BCUT2D eigenvalue weighted by molar-refractivity contribution is 0.270. The molecule has 0 saturated carbocycles. The fraction of sp³-hybridized carbons (Fsp3) is 0.474. The van der Waals surface area contributed by atoms with Gasteiger partial charge in [-0.2, -0.15) is 4.98 Å². The topological polar surface area (TPSA) is 62.8 Å². The minimum Gasteiger partial charge on any atom is -0.493 e. The first-order valence-electron chi connectivity index (χ1n) is 8.98. The highest BCUT2D eigenvalue weighted by molar-refractivity contribution is 5.45. The zero-order valence-electron chi connectivity index (χ0n) is 15.7. The van der Waals surface area contributed by atoms with Gasteiger partial charge >= 0.3 is 0 Å². The molecule has 26 heavy (non-hydrogen) atoms. The van der Waals surface area contributed by atoms with Crippen molar-refractivity contribution in [3.63, 3.8) is 0 Å². The van der Waals surface area contributed by atoms with Crippen LogP contribution in [0.25, 0.3) is 0 Å². The Morgan fingerprint density at radius 3 is 2.50 bits per heavy atom. The molecule has 7 heteroatoms. The first-order chi connectivity index (χ1) is 12.7. The number of aromatic nitrogens is 2. The molecule has 1 aromatic heterocycles. The van der Waals surface area contributed by atoms with Gasteiger partial charge in [0.2, 0.25) is 5.95 Å². The van der Waals surface area contributed by atoms with Crippen LogP contribution in [0.3, 0.4) is 0 Å². The number of nitrogens with zero attached hydrogens (tertiary/aromatic N) is 4. The molecule has 1 saturated heterocycles. The van der Waals surface area contributed by atoms with Crippen LogP contribution in [0.5, 0.6) is 11.5 Å². The third-order valence-corrected chi connectivity index (χ3v) is 4.67. The molecule has 1 aliphatic heterocycles. The van der Waals surface area contributed by atoms with Crippen LogP contribution in [0.2, 0.25) is 0 Å². The Hall–Kier alpha value is -2.54. The van der Waals surface area contributed by atoms with Gasteiger partial charge in [-0.15, -0.1) is 0 Å². The van der Waals surface area contributed by atoms with E-state index in [0.717, 1.165) is 61.6 Å². The summed E-state index contributed by atoms with van der Waals surface area (Å²) in [6.07, 6.45) is 1.81. The van der Waals surface area contributed by atoms with Gasteiger partial charge in [0.05, 0.1) is 14.2 Å². The van der Waals surface area contributed by atoms with Crippen LogP contribution in [0.1, 0.15) is 12.5 Å². The van der Waals surface area contributed by atoms with Gasteiger partial charge in [0.25, 0.3) is 0 Å². The summed E-state index contributed by atoms with van der Waals surface area (Å²) >= 11 is 0. The average Bonchev–Trinajstić information content (AvgIpc) is 2.72. The summed E-state index contributed by atoms with van der Waals surface area (Å²) in [7, 11) is 3.28. The van der Waals surface area contributed by atoms with Crippen LogP contribution in [0.15, 0.2) is 30.5 Å². The van der Waals surface area contributed by atoms with Crippen LogP contribution in [-0.4, -0.2) is 61.8 Å². The summed E-state index contributed by atoms with van der Waals surface area (Å²) in [4.78, 5) is 13.8. The minimum absolute atomic E-state index is 0.653. The van der Waals surface area contributed by atoms with Crippen LogP contribution < -0.4 is 19.7 Å². The molecule has 0 amide bonds. The first kappa shape index (κ1) is 18.3. The third kappa shape index (κ3) is 4.35. The Balaban J connectivity index is 1.62. The number of nitrogens with one attached hydrogen (secondary N) is 1. The molecular weight excluding hydrogens is 330 g/mol. The highest BCUT2D eigenvalue weighted by Gasteiger charge is 2.17. The molecule has 0 aliphatic carbocycles. The summed E-state index contributed by atoms with van der Waals surface area (Å²) in [5, 5.41) is 3.36. The molecule has 2 heterocycles. The molecule has 1 aromatic carbocycles. The van der Waals surface area contributed by atoms with Crippen molar-refractivity contribution in [3.05, 3.63) is 36.0 Å². The van der Waals surface area contributed by atoms with E-state index in [2.05, 4.69) is 32.0 Å². The second-order valence-corrected chi connectivity index (χ2v) is 6.21. The standard InChI is InChI=1S/C19H27N5O2/c1-4-23-9-11-24(12-10-23)19-20-8-7-18(22-19)21-14-15-5-6-16(25-2)17(13-15)26-3/h5-8,13H,4,9-12,14H2,1-3H3,(H,20,21,22). The van der Waals surface area contributed by atoms with E-state index in [9.17, 15) is 0 Å². The largest absolute Gasteiger partial charge is 0.493 e. The molecule has 1 fully saturated rings. The monoisotopic (exact) mass is 357 g/mol. The van der Waals surface area contributed by atoms with E-state index in [0.29, 0.717) is 6.54 Å². The number of ether oxygens (including phenoxy) is 2. The maximum atomic E-state index is 5.36. The van der Waals surface area contributed by atoms with E-state index in [-0.39, 0.29) is 0 Å². The molecule has 1 aliphatic rings. The van der Waals surface area contributed by atoms with Gasteiger partial charge in [0.15, 0.2) is 11.5 Å². The number of rotatable bonds is 7. The predicted octanol–water partition coefficient (Wildman–Crippen LogP) is 2.25. The highest BCUT2D eigenvalue weighted by Crippen LogP contribution is 2.27. The van der Waals surface area contributed by atoms with Crippen LogP contribution >= 0.6 is 0 Å². The molecule has 0 radical (unpaired) electrons. The Morgan fingerprint density at radius 2 is 1.81 bits per heavy atom. The summed E-state index contributed by atoms with van der Waals surface area (Å²) < 4.78 is 10.6. The fourth-order valence-corrected chi connectivity index (χ4v) is 3.05. The highest BCUT2D eigenvalue weighted by atomic mass is 16.5. The van der Waals surface area contributed by atoms with Gasteiger partial charge in [-0.3, -0.25) is 0 Å². The lowest BCUT2D eigenvalue weighted by atomic mass is 10.2. The molecule has 7 nitrogen and oxygen atoms in total. The smallest absolute Gasteiger partial charge is 0.227 e. The zero-order valence-corrected chi connectivity index (χ0v) is 15.7. The van der Waals surface area contributed by atoms with Gasteiger partial charge in [-0.25, -0.2) is 4.98 Å². The molecule has 0 unspecified atom stereocenters. The minimum atomic E-state index is 0.653. The maximum Gasteiger partial charge on any atom is 0.227 e. The van der Waals surface area contributed by atoms with Crippen molar-refractivity contribution in [1.29, 1.82) is 0 Å². The van der Waals surface area contributed by atoms with Crippen molar-refractivity contribution in [2.45, 2.75) is 13.5 Å².